The molecule has 2 amide bonds. The Labute approximate surface area is 138 Å². The number of ether oxygens (including phenoxy) is 1. The minimum absolute atomic E-state index is 0.242. The summed E-state index contributed by atoms with van der Waals surface area (Å²) in [5.41, 5.74) is 1.06. The van der Waals surface area contributed by atoms with E-state index in [-0.39, 0.29) is 11.8 Å². The fourth-order valence-electron chi connectivity index (χ4n) is 1.84. The molecule has 0 aliphatic rings. The Morgan fingerprint density at radius 1 is 1.26 bits per heavy atom. The number of nitrogens with zero attached hydrogens (tertiary/aromatic N) is 2. The maximum atomic E-state index is 12.3. The second-order valence-electron chi connectivity index (χ2n) is 4.91. The predicted molar refractivity (Wildman–Crippen MR) is 88.7 cm³/mol. The summed E-state index contributed by atoms with van der Waals surface area (Å²) in [6.45, 7) is 5.20. The highest BCUT2D eigenvalue weighted by Gasteiger charge is 2.20. The molecule has 1 atom stereocenters. The van der Waals surface area contributed by atoms with Crippen LogP contribution in [0.2, 0.25) is 0 Å². The first-order valence-electron chi connectivity index (χ1n) is 7.13. The smallest absolute Gasteiger partial charge is 0.267 e. The van der Waals surface area contributed by atoms with Crippen LogP contribution in [-0.4, -0.2) is 28.1 Å². The van der Waals surface area contributed by atoms with Crippen LogP contribution in [0.5, 0.6) is 5.75 Å². The summed E-state index contributed by atoms with van der Waals surface area (Å²) in [5.74, 6) is 0.0935. The van der Waals surface area contributed by atoms with E-state index in [1.165, 1.54) is 6.92 Å². The van der Waals surface area contributed by atoms with Crippen molar-refractivity contribution >= 4 is 33.4 Å². The van der Waals surface area contributed by atoms with Crippen molar-refractivity contribution in [2.45, 2.75) is 33.3 Å². The zero-order valence-electron chi connectivity index (χ0n) is 13.1. The molecule has 0 saturated heterocycles. The standard InChI is InChI=1S/C15H18N4O3S/c1-4-12(22-11-7-5-6-9(2)8-11)13(21)17-15-19-18-14(23-15)16-10(3)20/h5-8,12H,4H2,1-3H3,(H,16,18,20)(H,17,19,21). The average molecular weight is 334 g/mol. The minimum atomic E-state index is -0.634. The summed E-state index contributed by atoms with van der Waals surface area (Å²) < 4.78 is 5.72. The molecule has 8 heteroatoms. The fraction of sp³-hybridized carbons (Fsp3) is 0.333. The van der Waals surface area contributed by atoms with Crippen LogP contribution >= 0.6 is 11.3 Å². The number of hydrogen-bond donors (Lipinski definition) is 2. The fourth-order valence-corrected chi connectivity index (χ4v) is 2.53. The molecule has 2 N–H and O–H groups in total. The normalized spacial score (nSPS) is 11.6. The van der Waals surface area contributed by atoms with Crippen LogP contribution in [0.3, 0.4) is 0 Å². The van der Waals surface area contributed by atoms with Gasteiger partial charge in [0.15, 0.2) is 6.10 Å². The van der Waals surface area contributed by atoms with Crippen molar-refractivity contribution in [2.75, 3.05) is 10.6 Å². The zero-order valence-corrected chi connectivity index (χ0v) is 13.9. The van der Waals surface area contributed by atoms with Gasteiger partial charge in [0.25, 0.3) is 5.91 Å². The molecule has 0 fully saturated rings. The lowest BCUT2D eigenvalue weighted by molar-refractivity contribution is -0.122. The number of carbonyl (C=O) groups is 2. The SMILES string of the molecule is CCC(Oc1cccc(C)c1)C(=O)Nc1nnc(NC(C)=O)s1. The van der Waals surface area contributed by atoms with Gasteiger partial charge in [0.05, 0.1) is 0 Å². The number of rotatable bonds is 6. The molecule has 0 saturated carbocycles. The lowest BCUT2D eigenvalue weighted by Crippen LogP contribution is -2.32. The summed E-state index contributed by atoms with van der Waals surface area (Å²) in [6.07, 6.45) is -0.123. The van der Waals surface area contributed by atoms with Crippen molar-refractivity contribution < 1.29 is 14.3 Å². The molecule has 7 nitrogen and oxygen atoms in total. The van der Waals surface area contributed by atoms with Crippen molar-refractivity contribution in [3.05, 3.63) is 29.8 Å². The van der Waals surface area contributed by atoms with E-state index in [2.05, 4.69) is 20.8 Å². The first-order valence-corrected chi connectivity index (χ1v) is 7.95. The van der Waals surface area contributed by atoms with Gasteiger partial charge in [-0.3, -0.25) is 14.9 Å². The molecule has 0 radical (unpaired) electrons. The zero-order chi connectivity index (χ0) is 16.8. The van der Waals surface area contributed by atoms with Crippen LogP contribution in [0.4, 0.5) is 10.3 Å². The molecule has 1 heterocycles. The Balaban J connectivity index is 1.99. The van der Waals surface area contributed by atoms with Gasteiger partial charge in [-0.15, -0.1) is 10.2 Å². The number of aryl methyl sites for hydroxylation is 1. The second-order valence-corrected chi connectivity index (χ2v) is 5.89. The molecule has 0 spiro atoms. The van der Waals surface area contributed by atoms with Gasteiger partial charge >= 0.3 is 0 Å². The highest BCUT2D eigenvalue weighted by atomic mass is 32.1. The van der Waals surface area contributed by atoms with E-state index >= 15 is 0 Å². The van der Waals surface area contributed by atoms with Crippen LogP contribution in [0.1, 0.15) is 25.8 Å². The number of aromatic nitrogens is 2. The van der Waals surface area contributed by atoms with Crippen LogP contribution < -0.4 is 15.4 Å². The number of nitrogens with one attached hydrogen (secondary N) is 2. The average Bonchev–Trinajstić information content (AvgIpc) is 2.91. The molecule has 1 aromatic heterocycles. The molecule has 2 rings (SSSR count). The Morgan fingerprint density at radius 3 is 2.57 bits per heavy atom. The lowest BCUT2D eigenvalue weighted by Gasteiger charge is -2.16. The Bertz CT molecular complexity index is 702. The number of hydrogen-bond acceptors (Lipinski definition) is 6. The molecule has 0 bridgehead atoms. The summed E-state index contributed by atoms with van der Waals surface area (Å²) in [7, 11) is 0. The van der Waals surface area contributed by atoms with E-state index in [1.807, 2.05) is 38.1 Å². The minimum Gasteiger partial charge on any atom is -0.481 e. The monoisotopic (exact) mass is 334 g/mol. The van der Waals surface area contributed by atoms with Gasteiger partial charge < -0.3 is 10.1 Å². The van der Waals surface area contributed by atoms with E-state index in [1.54, 1.807) is 0 Å². The molecule has 1 aromatic carbocycles. The van der Waals surface area contributed by atoms with Crippen molar-refractivity contribution in [1.82, 2.24) is 10.2 Å². The highest BCUT2D eigenvalue weighted by Crippen LogP contribution is 2.21. The quantitative estimate of drug-likeness (QED) is 0.847. The number of benzene rings is 1. The summed E-state index contributed by atoms with van der Waals surface area (Å²) in [6, 6.07) is 7.51. The van der Waals surface area contributed by atoms with Gasteiger partial charge in [0.1, 0.15) is 5.75 Å². The Morgan fingerprint density at radius 2 is 1.96 bits per heavy atom. The third-order valence-corrected chi connectivity index (χ3v) is 3.62. The highest BCUT2D eigenvalue weighted by molar-refractivity contribution is 7.19. The summed E-state index contributed by atoms with van der Waals surface area (Å²) in [5, 5.41) is 13.4. The van der Waals surface area contributed by atoms with E-state index < -0.39 is 6.10 Å². The molecule has 0 aliphatic carbocycles. The van der Waals surface area contributed by atoms with Gasteiger partial charge in [-0.1, -0.05) is 30.4 Å². The maximum Gasteiger partial charge on any atom is 0.267 e. The predicted octanol–water partition coefficient (Wildman–Crippen LogP) is 2.60. The van der Waals surface area contributed by atoms with Crippen LogP contribution in [-0.2, 0) is 9.59 Å². The van der Waals surface area contributed by atoms with Gasteiger partial charge in [-0.25, -0.2) is 0 Å². The molecule has 2 aromatic rings. The number of amides is 2. The maximum absolute atomic E-state index is 12.3. The van der Waals surface area contributed by atoms with Crippen LogP contribution in [0.25, 0.3) is 0 Å². The first-order chi connectivity index (χ1) is 11.0. The van der Waals surface area contributed by atoms with Crippen LogP contribution in [0, 0.1) is 6.92 Å². The largest absolute Gasteiger partial charge is 0.481 e. The van der Waals surface area contributed by atoms with Gasteiger partial charge in [-0.2, -0.15) is 0 Å². The Hall–Kier alpha value is -2.48. The molecule has 122 valence electrons. The van der Waals surface area contributed by atoms with Gasteiger partial charge in [-0.05, 0) is 31.0 Å². The van der Waals surface area contributed by atoms with Gasteiger partial charge in [0, 0.05) is 6.92 Å². The number of carbonyl (C=O) groups excluding carboxylic acids is 2. The lowest BCUT2D eigenvalue weighted by atomic mass is 10.2. The van der Waals surface area contributed by atoms with Crippen molar-refractivity contribution in [1.29, 1.82) is 0 Å². The molecular weight excluding hydrogens is 316 g/mol. The third-order valence-electron chi connectivity index (χ3n) is 2.87. The third kappa shape index (κ3) is 5.03. The van der Waals surface area contributed by atoms with E-state index in [0.717, 1.165) is 16.9 Å². The Kier molecular flexibility index (Phi) is 5.64. The molecule has 23 heavy (non-hydrogen) atoms. The van der Waals surface area contributed by atoms with E-state index in [4.69, 9.17) is 4.74 Å². The van der Waals surface area contributed by atoms with Crippen molar-refractivity contribution in [3.8, 4) is 5.75 Å². The summed E-state index contributed by atoms with van der Waals surface area (Å²) >= 11 is 1.08. The van der Waals surface area contributed by atoms with Gasteiger partial charge in [0.2, 0.25) is 16.2 Å². The molecule has 0 aliphatic heterocycles. The van der Waals surface area contributed by atoms with Crippen LogP contribution in [0.15, 0.2) is 24.3 Å². The topological polar surface area (TPSA) is 93.2 Å². The van der Waals surface area contributed by atoms with Crippen molar-refractivity contribution in [2.24, 2.45) is 0 Å². The van der Waals surface area contributed by atoms with Crippen molar-refractivity contribution in [3.63, 3.8) is 0 Å². The first kappa shape index (κ1) is 16.9. The molecule has 1 unspecified atom stereocenters. The second kappa shape index (κ2) is 7.68. The summed E-state index contributed by atoms with van der Waals surface area (Å²) in [4.78, 5) is 23.2. The van der Waals surface area contributed by atoms with E-state index in [0.29, 0.717) is 22.4 Å². The molecular formula is C15H18N4O3S. The van der Waals surface area contributed by atoms with E-state index in [9.17, 15) is 9.59 Å². The number of anilines is 2.